The van der Waals surface area contributed by atoms with Crippen LogP contribution >= 0.6 is 0 Å². The van der Waals surface area contributed by atoms with Crippen LogP contribution in [0, 0.1) is 0 Å². The molecule has 0 aliphatic rings. The summed E-state index contributed by atoms with van der Waals surface area (Å²) in [5.74, 6) is 3.09. The second-order valence-electron chi connectivity index (χ2n) is 6.80. The van der Waals surface area contributed by atoms with Crippen molar-refractivity contribution in [2.45, 2.75) is 45.4 Å². The maximum Gasteiger partial charge on any atom is 0.226 e. The van der Waals surface area contributed by atoms with Gasteiger partial charge in [0, 0.05) is 39.2 Å². The van der Waals surface area contributed by atoms with E-state index in [2.05, 4.69) is 39.3 Å². The van der Waals surface area contributed by atoms with Gasteiger partial charge in [0.15, 0.2) is 5.96 Å². The summed E-state index contributed by atoms with van der Waals surface area (Å²) in [4.78, 5) is 11.0. The minimum absolute atomic E-state index is 0.623. The van der Waals surface area contributed by atoms with E-state index in [1.807, 2.05) is 31.3 Å². The molecule has 1 aromatic heterocycles. The van der Waals surface area contributed by atoms with Crippen LogP contribution in [-0.4, -0.2) is 55.3 Å². The van der Waals surface area contributed by atoms with Crippen LogP contribution < -0.4 is 10.1 Å². The molecule has 28 heavy (non-hydrogen) atoms. The molecule has 0 aliphatic heterocycles. The molecular weight excluding hydrogens is 354 g/mol. The van der Waals surface area contributed by atoms with Crippen LogP contribution in [0.1, 0.15) is 44.9 Å². The highest BCUT2D eigenvalue weighted by Crippen LogP contribution is 2.20. The van der Waals surface area contributed by atoms with Crippen molar-refractivity contribution in [2.24, 2.45) is 4.99 Å². The molecule has 0 bridgehead atoms. The zero-order valence-electron chi connectivity index (χ0n) is 17.6. The quantitative estimate of drug-likeness (QED) is 0.359. The van der Waals surface area contributed by atoms with Crippen molar-refractivity contribution in [1.29, 1.82) is 0 Å². The first kappa shape index (κ1) is 21.7. The smallest absolute Gasteiger partial charge is 0.226 e. The monoisotopic (exact) mass is 387 g/mol. The Morgan fingerprint density at radius 2 is 1.96 bits per heavy atom. The molecule has 0 aliphatic carbocycles. The lowest BCUT2D eigenvalue weighted by molar-refractivity contribution is 0.374. The number of nitrogens with zero attached hydrogens (tertiary/aromatic N) is 4. The normalized spacial score (nSPS) is 11.5. The number of aromatic nitrogens is 2. The Bertz CT molecular complexity index is 712. The van der Waals surface area contributed by atoms with Crippen molar-refractivity contribution in [3.8, 4) is 17.1 Å². The number of ether oxygens (including phenoxy) is 1. The van der Waals surface area contributed by atoms with Crippen LogP contribution in [0.3, 0.4) is 0 Å². The highest BCUT2D eigenvalue weighted by molar-refractivity contribution is 5.79. The van der Waals surface area contributed by atoms with Gasteiger partial charge in [-0.05, 0) is 43.5 Å². The van der Waals surface area contributed by atoms with Gasteiger partial charge in [-0.1, -0.05) is 24.9 Å². The third-order valence-corrected chi connectivity index (χ3v) is 4.59. The van der Waals surface area contributed by atoms with Crippen LogP contribution in [-0.2, 0) is 6.42 Å². The van der Waals surface area contributed by atoms with E-state index in [0.717, 1.165) is 56.0 Å². The molecular formula is C21H33N5O2. The van der Waals surface area contributed by atoms with Crippen molar-refractivity contribution in [1.82, 2.24) is 20.4 Å². The average Bonchev–Trinajstić information content (AvgIpc) is 3.20. The molecule has 1 heterocycles. The number of rotatable bonds is 11. The standard InChI is InChI=1S/C21H33N5O2/c1-5-6-16-26(3)21(22-2)23-15-9-7-8-10-19-24-20(25-28-19)17-11-13-18(27-4)14-12-17/h11-14H,5-10,15-16H2,1-4H3,(H,22,23). The Morgan fingerprint density at radius 3 is 2.64 bits per heavy atom. The maximum absolute atomic E-state index is 5.37. The molecule has 7 nitrogen and oxygen atoms in total. The van der Waals surface area contributed by atoms with Gasteiger partial charge in [-0.25, -0.2) is 0 Å². The van der Waals surface area contributed by atoms with Gasteiger partial charge >= 0.3 is 0 Å². The number of unbranched alkanes of at least 4 members (excludes halogenated alkanes) is 3. The fourth-order valence-corrected chi connectivity index (χ4v) is 2.88. The van der Waals surface area contributed by atoms with E-state index in [9.17, 15) is 0 Å². The number of hydrogen-bond acceptors (Lipinski definition) is 5. The molecule has 7 heteroatoms. The van der Waals surface area contributed by atoms with Crippen molar-refractivity contribution in [3.63, 3.8) is 0 Å². The van der Waals surface area contributed by atoms with Gasteiger partial charge in [-0.3, -0.25) is 4.99 Å². The van der Waals surface area contributed by atoms with Gasteiger partial charge in [0.2, 0.25) is 11.7 Å². The number of methoxy groups -OCH3 is 1. The molecule has 1 aromatic carbocycles. The molecule has 2 aromatic rings. The summed E-state index contributed by atoms with van der Waals surface area (Å²) >= 11 is 0. The summed E-state index contributed by atoms with van der Waals surface area (Å²) in [6, 6.07) is 7.66. The van der Waals surface area contributed by atoms with Crippen LogP contribution in [0.5, 0.6) is 5.75 Å². The Hall–Kier alpha value is -2.57. The number of nitrogens with one attached hydrogen (secondary N) is 1. The average molecular weight is 388 g/mol. The van der Waals surface area contributed by atoms with Crippen molar-refractivity contribution in [3.05, 3.63) is 30.2 Å². The number of hydrogen-bond donors (Lipinski definition) is 1. The number of guanidine groups is 1. The Balaban J connectivity index is 1.66. The second-order valence-corrected chi connectivity index (χ2v) is 6.80. The molecule has 0 amide bonds. The van der Waals surface area contributed by atoms with Crippen molar-refractivity contribution >= 4 is 5.96 Å². The zero-order valence-corrected chi connectivity index (χ0v) is 17.6. The number of benzene rings is 1. The molecule has 0 radical (unpaired) electrons. The zero-order chi connectivity index (χ0) is 20.2. The Morgan fingerprint density at radius 1 is 1.18 bits per heavy atom. The van der Waals surface area contributed by atoms with Gasteiger partial charge in [0.05, 0.1) is 7.11 Å². The van der Waals surface area contributed by atoms with Crippen LogP contribution in [0.15, 0.2) is 33.8 Å². The Kier molecular flexibility index (Phi) is 9.31. The summed E-state index contributed by atoms with van der Waals surface area (Å²) in [7, 11) is 5.57. The van der Waals surface area contributed by atoms with Crippen LogP contribution in [0.2, 0.25) is 0 Å². The molecule has 0 saturated carbocycles. The van der Waals surface area contributed by atoms with E-state index in [1.54, 1.807) is 7.11 Å². The van der Waals surface area contributed by atoms with E-state index < -0.39 is 0 Å². The van der Waals surface area contributed by atoms with Crippen molar-refractivity contribution in [2.75, 3.05) is 34.3 Å². The first-order chi connectivity index (χ1) is 13.7. The minimum atomic E-state index is 0.623. The fourth-order valence-electron chi connectivity index (χ4n) is 2.88. The summed E-state index contributed by atoms with van der Waals surface area (Å²) < 4.78 is 10.5. The van der Waals surface area contributed by atoms with Crippen molar-refractivity contribution < 1.29 is 9.26 Å². The topological polar surface area (TPSA) is 75.8 Å². The summed E-state index contributed by atoms with van der Waals surface area (Å²) in [6.45, 7) is 4.15. The van der Waals surface area contributed by atoms with E-state index >= 15 is 0 Å². The van der Waals surface area contributed by atoms with Gasteiger partial charge in [-0.2, -0.15) is 4.98 Å². The van der Waals surface area contributed by atoms with Gasteiger partial charge < -0.3 is 19.5 Å². The lowest BCUT2D eigenvalue weighted by atomic mass is 10.2. The highest BCUT2D eigenvalue weighted by Gasteiger charge is 2.09. The van der Waals surface area contributed by atoms with E-state index in [0.29, 0.717) is 11.7 Å². The van der Waals surface area contributed by atoms with Gasteiger partial charge in [0.25, 0.3) is 0 Å². The highest BCUT2D eigenvalue weighted by atomic mass is 16.5. The third kappa shape index (κ3) is 6.87. The predicted octanol–water partition coefficient (Wildman–Crippen LogP) is 3.77. The Labute approximate surface area is 168 Å². The lowest BCUT2D eigenvalue weighted by Crippen LogP contribution is -2.39. The second kappa shape index (κ2) is 12.0. The SMILES string of the molecule is CCCCN(C)C(=NC)NCCCCCc1nc(-c2ccc(OC)cc2)no1. The maximum atomic E-state index is 5.37. The first-order valence-corrected chi connectivity index (χ1v) is 10.1. The molecule has 0 spiro atoms. The lowest BCUT2D eigenvalue weighted by Gasteiger charge is -2.21. The van der Waals surface area contributed by atoms with Gasteiger partial charge in [0.1, 0.15) is 5.75 Å². The first-order valence-electron chi connectivity index (χ1n) is 10.1. The predicted molar refractivity (Wildman–Crippen MR) is 113 cm³/mol. The molecule has 0 fully saturated rings. The van der Waals surface area contributed by atoms with E-state index in [-0.39, 0.29) is 0 Å². The number of aryl methyl sites for hydroxylation is 1. The number of aliphatic imine (C=N–C) groups is 1. The van der Waals surface area contributed by atoms with Crippen LogP contribution in [0.4, 0.5) is 0 Å². The molecule has 0 saturated heterocycles. The van der Waals surface area contributed by atoms with Crippen LogP contribution in [0.25, 0.3) is 11.4 Å². The third-order valence-electron chi connectivity index (χ3n) is 4.59. The largest absolute Gasteiger partial charge is 0.497 e. The summed E-state index contributed by atoms with van der Waals surface area (Å²) in [5, 5.41) is 7.50. The molecule has 1 N–H and O–H groups in total. The summed E-state index contributed by atoms with van der Waals surface area (Å²) in [6.07, 6.45) is 6.38. The van der Waals surface area contributed by atoms with Gasteiger partial charge in [-0.15, -0.1) is 0 Å². The molecule has 2 rings (SSSR count). The molecule has 0 unspecified atom stereocenters. The van der Waals surface area contributed by atoms with E-state index in [1.165, 1.54) is 12.8 Å². The molecule has 0 atom stereocenters. The summed E-state index contributed by atoms with van der Waals surface area (Å²) in [5.41, 5.74) is 0.929. The fraction of sp³-hybridized carbons (Fsp3) is 0.571. The van der Waals surface area contributed by atoms with E-state index in [4.69, 9.17) is 9.26 Å². The molecule has 154 valence electrons. The minimum Gasteiger partial charge on any atom is -0.497 e.